The van der Waals surface area contributed by atoms with Crippen LogP contribution in [0.1, 0.15) is 22.3 Å². The Hall–Kier alpha value is -1.99. The number of H-pyrrole nitrogens is 1. The number of nitrogens with zero attached hydrogens (tertiary/aromatic N) is 2. The molecule has 0 bridgehead atoms. The minimum Gasteiger partial charge on any atom is -0.353 e. The molecule has 0 fully saturated rings. The minimum absolute atomic E-state index is 0.0902. The number of likely N-dealkylation sites (N-methyl/N-ethyl adjacent to an activating group) is 1. The first kappa shape index (κ1) is 15.4. The lowest BCUT2D eigenvalue weighted by Crippen LogP contribution is -2.35. The maximum absolute atomic E-state index is 12.1. The fourth-order valence-electron chi connectivity index (χ4n) is 1.99. The van der Waals surface area contributed by atoms with Crippen molar-refractivity contribution in [1.29, 1.82) is 0 Å². The predicted molar refractivity (Wildman–Crippen MR) is 81.9 cm³/mol. The maximum atomic E-state index is 12.1. The first-order chi connectivity index (χ1) is 9.97. The number of Topliss-reactive ketones (excluding diaryl/α,β-unsaturated/α-hetero) is 1. The Kier molecular flexibility index (Phi) is 4.87. The number of rotatable bonds is 7. The van der Waals surface area contributed by atoms with Crippen LogP contribution in [0.15, 0.2) is 29.8 Å². The summed E-state index contributed by atoms with van der Waals surface area (Å²) < 4.78 is 0. The number of nitrogens with one attached hydrogen (secondary N) is 1. The van der Waals surface area contributed by atoms with Crippen LogP contribution in [-0.4, -0.2) is 40.2 Å². The number of carbonyl (C=O) groups excluding carboxylic acids is 1. The molecule has 0 radical (unpaired) electrons. The van der Waals surface area contributed by atoms with E-state index in [2.05, 4.69) is 18.0 Å². The number of aromatic nitrogens is 1. The van der Waals surface area contributed by atoms with Gasteiger partial charge in [0.1, 0.15) is 0 Å². The molecule has 2 rings (SSSR count). The Balaban J connectivity index is 1.93. The van der Waals surface area contributed by atoms with Gasteiger partial charge in [-0.3, -0.25) is 19.8 Å². The molecule has 0 aliphatic heterocycles. The molecule has 0 aromatic carbocycles. The zero-order valence-corrected chi connectivity index (χ0v) is 12.7. The Morgan fingerprint density at radius 3 is 2.90 bits per heavy atom. The van der Waals surface area contributed by atoms with Gasteiger partial charge in [0, 0.05) is 17.0 Å². The van der Waals surface area contributed by atoms with E-state index in [-0.39, 0.29) is 29.8 Å². The first-order valence-corrected chi connectivity index (χ1v) is 7.44. The highest BCUT2D eigenvalue weighted by Gasteiger charge is 2.18. The molecule has 1 unspecified atom stereocenters. The van der Waals surface area contributed by atoms with Crippen molar-refractivity contribution in [3.05, 3.63) is 50.5 Å². The van der Waals surface area contributed by atoms with Gasteiger partial charge in [0.15, 0.2) is 5.78 Å². The van der Waals surface area contributed by atoms with Gasteiger partial charge < -0.3 is 4.98 Å². The van der Waals surface area contributed by atoms with Gasteiger partial charge in [0.05, 0.1) is 23.4 Å². The average Bonchev–Trinajstić information content (AvgIpc) is 3.09. The Bertz CT molecular complexity index is 621. The van der Waals surface area contributed by atoms with E-state index in [1.807, 2.05) is 23.4 Å². The molecule has 0 amide bonds. The third-order valence-corrected chi connectivity index (χ3v) is 4.30. The first-order valence-electron chi connectivity index (χ1n) is 6.56. The SMILES string of the molecule is CC(Cc1cccs1)N(C)CC(=O)c1cc([N+](=O)[O-])c[nH]1. The molecule has 112 valence electrons. The van der Waals surface area contributed by atoms with Gasteiger partial charge in [0.25, 0.3) is 5.69 Å². The van der Waals surface area contributed by atoms with Gasteiger partial charge in [0.2, 0.25) is 0 Å². The normalized spacial score (nSPS) is 12.5. The largest absolute Gasteiger partial charge is 0.353 e. The molecule has 2 heterocycles. The van der Waals surface area contributed by atoms with E-state index in [0.29, 0.717) is 0 Å². The molecule has 6 nitrogen and oxygen atoms in total. The Morgan fingerprint density at radius 1 is 1.57 bits per heavy atom. The fourth-order valence-corrected chi connectivity index (χ4v) is 2.82. The molecular weight excluding hydrogens is 290 g/mol. The molecule has 2 aromatic heterocycles. The van der Waals surface area contributed by atoms with Gasteiger partial charge in [-0.2, -0.15) is 0 Å². The van der Waals surface area contributed by atoms with Crippen molar-refractivity contribution in [2.24, 2.45) is 0 Å². The highest BCUT2D eigenvalue weighted by atomic mass is 32.1. The lowest BCUT2D eigenvalue weighted by Gasteiger charge is -2.23. The smallest absolute Gasteiger partial charge is 0.287 e. The summed E-state index contributed by atoms with van der Waals surface area (Å²) in [6.07, 6.45) is 2.12. The van der Waals surface area contributed by atoms with E-state index in [9.17, 15) is 14.9 Å². The van der Waals surface area contributed by atoms with Crippen LogP contribution in [0.4, 0.5) is 5.69 Å². The predicted octanol–water partition coefficient (Wildman–Crippen LogP) is 2.73. The number of ketones is 1. The van der Waals surface area contributed by atoms with Crippen LogP contribution in [-0.2, 0) is 6.42 Å². The van der Waals surface area contributed by atoms with E-state index in [1.54, 1.807) is 11.3 Å². The number of aromatic amines is 1. The molecule has 1 N–H and O–H groups in total. The zero-order chi connectivity index (χ0) is 15.4. The molecule has 0 saturated carbocycles. The molecule has 0 spiro atoms. The highest BCUT2D eigenvalue weighted by molar-refractivity contribution is 7.09. The lowest BCUT2D eigenvalue weighted by atomic mass is 10.1. The summed E-state index contributed by atoms with van der Waals surface area (Å²) in [5.41, 5.74) is 0.185. The van der Waals surface area contributed by atoms with Crippen molar-refractivity contribution in [3.63, 3.8) is 0 Å². The van der Waals surface area contributed by atoms with Crippen LogP contribution >= 0.6 is 11.3 Å². The topological polar surface area (TPSA) is 79.2 Å². The second-order valence-corrected chi connectivity index (χ2v) is 6.03. The summed E-state index contributed by atoms with van der Waals surface area (Å²) in [5.74, 6) is -0.149. The summed E-state index contributed by atoms with van der Waals surface area (Å²) in [7, 11) is 1.88. The van der Waals surface area contributed by atoms with E-state index in [1.165, 1.54) is 17.1 Å². The fraction of sp³-hybridized carbons (Fsp3) is 0.357. The molecule has 7 heteroatoms. The van der Waals surface area contributed by atoms with E-state index in [4.69, 9.17) is 0 Å². The van der Waals surface area contributed by atoms with E-state index >= 15 is 0 Å². The van der Waals surface area contributed by atoms with Gasteiger partial charge in [-0.15, -0.1) is 11.3 Å². The second-order valence-electron chi connectivity index (χ2n) is 5.00. The molecule has 0 saturated heterocycles. The van der Waals surface area contributed by atoms with Crippen molar-refractivity contribution in [1.82, 2.24) is 9.88 Å². The van der Waals surface area contributed by atoms with Gasteiger partial charge in [-0.25, -0.2) is 0 Å². The quantitative estimate of drug-likeness (QED) is 0.484. The monoisotopic (exact) mass is 307 g/mol. The third kappa shape index (κ3) is 3.99. The maximum Gasteiger partial charge on any atom is 0.287 e. The van der Waals surface area contributed by atoms with Crippen molar-refractivity contribution in [2.75, 3.05) is 13.6 Å². The zero-order valence-electron chi connectivity index (χ0n) is 11.9. The molecule has 0 aliphatic rings. The standard InChI is InChI=1S/C14H17N3O3S/c1-10(6-12-4-3-5-21-12)16(2)9-14(18)13-7-11(8-15-13)17(19)20/h3-5,7-8,10,15H,6,9H2,1-2H3. The van der Waals surface area contributed by atoms with Crippen molar-refractivity contribution in [3.8, 4) is 0 Å². The summed E-state index contributed by atoms with van der Waals surface area (Å²) >= 11 is 1.70. The van der Waals surface area contributed by atoms with Crippen LogP contribution in [0, 0.1) is 10.1 Å². The average molecular weight is 307 g/mol. The van der Waals surface area contributed by atoms with Crippen molar-refractivity contribution in [2.45, 2.75) is 19.4 Å². The molecular formula is C14H17N3O3S. The van der Waals surface area contributed by atoms with Crippen LogP contribution in [0.2, 0.25) is 0 Å². The number of carbonyl (C=O) groups is 1. The minimum atomic E-state index is -0.517. The van der Waals surface area contributed by atoms with Crippen LogP contribution < -0.4 is 0 Å². The van der Waals surface area contributed by atoms with Crippen LogP contribution in [0.5, 0.6) is 0 Å². The van der Waals surface area contributed by atoms with Crippen LogP contribution in [0.25, 0.3) is 0 Å². The molecule has 0 aliphatic carbocycles. The molecule has 21 heavy (non-hydrogen) atoms. The lowest BCUT2D eigenvalue weighted by molar-refractivity contribution is -0.384. The van der Waals surface area contributed by atoms with Crippen molar-refractivity contribution < 1.29 is 9.72 Å². The van der Waals surface area contributed by atoms with Gasteiger partial charge in [-0.1, -0.05) is 6.07 Å². The Labute approximate surface area is 126 Å². The summed E-state index contributed by atoms with van der Waals surface area (Å²) in [5, 5.41) is 12.6. The van der Waals surface area contributed by atoms with Gasteiger partial charge in [-0.05, 0) is 31.8 Å². The summed E-state index contributed by atoms with van der Waals surface area (Å²) in [4.78, 5) is 28.1. The summed E-state index contributed by atoms with van der Waals surface area (Å²) in [6.45, 7) is 2.29. The van der Waals surface area contributed by atoms with Gasteiger partial charge >= 0.3 is 0 Å². The summed E-state index contributed by atoms with van der Waals surface area (Å²) in [6, 6.07) is 5.58. The third-order valence-electron chi connectivity index (χ3n) is 3.40. The molecule has 1 atom stereocenters. The number of hydrogen-bond donors (Lipinski definition) is 1. The van der Waals surface area contributed by atoms with Crippen LogP contribution in [0.3, 0.4) is 0 Å². The van der Waals surface area contributed by atoms with Crippen molar-refractivity contribution >= 4 is 22.8 Å². The highest BCUT2D eigenvalue weighted by Crippen LogP contribution is 2.15. The number of thiophene rings is 1. The van der Waals surface area contributed by atoms with E-state index < -0.39 is 4.92 Å². The Morgan fingerprint density at radius 2 is 2.33 bits per heavy atom. The number of hydrogen-bond acceptors (Lipinski definition) is 5. The molecule has 2 aromatic rings. The van der Waals surface area contributed by atoms with E-state index in [0.717, 1.165) is 6.42 Å². The number of nitro groups is 1. The second kappa shape index (κ2) is 6.64.